The van der Waals surface area contributed by atoms with Crippen LogP contribution < -0.4 is 9.47 Å². The number of carbonyl (C=O) groups is 2. The van der Waals surface area contributed by atoms with Crippen molar-refractivity contribution in [2.75, 3.05) is 0 Å². The predicted molar refractivity (Wildman–Crippen MR) is 76.3 cm³/mol. The average Bonchev–Trinajstić information content (AvgIpc) is 2.91. The molecular formula is C16H12O5. The van der Waals surface area contributed by atoms with Gasteiger partial charge in [0.05, 0.1) is 11.6 Å². The quantitative estimate of drug-likeness (QED) is 0.532. The van der Waals surface area contributed by atoms with Crippen molar-refractivity contribution in [3.05, 3.63) is 36.6 Å². The van der Waals surface area contributed by atoms with E-state index >= 15 is 0 Å². The Kier molecular flexibility index (Phi) is 3.10. The molecule has 0 fully saturated rings. The summed E-state index contributed by atoms with van der Waals surface area (Å²) in [7, 11) is 0. The first kappa shape index (κ1) is 13.2. The number of ether oxygens (including phenoxy) is 2. The molecule has 0 saturated heterocycles. The molecule has 5 nitrogen and oxygen atoms in total. The second kappa shape index (κ2) is 4.94. The second-order valence-corrected chi connectivity index (χ2v) is 4.55. The van der Waals surface area contributed by atoms with E-state index in [0.717, 1.165) is 0 Å². The molecule has 0 spiro atoms. The van der Waals surface area contributed by atoms with E-state index < -0.39 is 11.9 Å². The van der Waals surface area contributed by atoms with Gasteiger partial charge in [0.1, 0.15) is 5.75 Å². The highest BCUT2D eigenvalue weighted by atomic mass is 16.5. The molecule has 0 aliphatic carbocycles. The first-order valence-corrected chi connectivity index (χ1v) is 6.36. The number of esters is 2. The van der Waals surface area contributed by atoms with E-state index in [9.17, 15) is 9.59 Å². The molecule has 0 aliphatic rings. The molecule has 21 heavy (non-hydrogen) atoms. The minimum absolute atomic E-state index is 0.328. The average molecular weight is 284 g/mol. The van der Waals surface area contributed by atoms with Gasteiger partial charge >= 0.3 is 11.9 Å². The van der Waals surface area contributed by atoms with Gasteiger partial charge in [0.25, 0.3) is 0 Å². The molecule has 106 valence electrons. The van der Waals surface area contributed by atoms with Gasteiger partial charge in [-0.15, -0.1) is 0 Å². The number of fused-ring (bicyclic) bond motifs is 2. The van der Waals surface area contributed by atoms with Gasteiger partial charge in [-0.1, -0.05) is 24.3 Å². The first-order chi connectivity index (χ1) is 10.1. The lowest BCUT2D eigenvalue weighted by Crippen LogP contribution is -2.05. The summed E-state index contributed by atoms with van der Waals surface area (Å²) < 4.78 is 16.0. The monoisotopic (exact) mass is 284 g/mol. The summed E-state index contributed by atoms with van der Waals surface area (Å²) in [6.45, 7) is 2.66. The maximum Gasteiger partial charge on any atom is 0.308 e. The SMILES string of the molecule is CC(=O)Oc1c2ccccc2c(OC(C)=O)c2occc12. The van der Waals surface area contributed by atoms with Crippen LogP contribution in [-0.4, -0.2) is 11.9 Å². The van der Waals surface area contributed by atoms with E-state index in [0.29, 0.717) is 33.2 Å². The van der Waals surface area contributed by atoms with Crippen molar-refractivity contribution >= 4 is 33.7 Å². The van der Waals surface area contributed by atoms with Gasteiger partial charge in [-0.05, 0) is 6.07 Å². The van der Waals surface area contributed by atoms with Crippen LogP contribution in [-0.2, 0) is 9.59 Å². The Bertz CT molecular complexity index is 790. The Morgan fingerprint density at radius 1 is 0.857 bits per heavy atom. The van der Waals surface area contributed by atoms with Crippen LogP contribution in [0.25, 0.3) is 21.7 Å². The van der Waals surface area contributed by atoms with E-state index in [4.69, 9.17) is 13.9 Å². The van der Waals surface area contributed by atoms with Crippen molar-refractivity contribution in [3.63, 3.8) is 0 Å². The zero-order valence-corrected chi connectivity index (χ0v) is 11.5. The lowest BCUT2D eigenvalue weighted by atomic mass is 10.1. The van der Waals surface area contributed by atoms with Gasteiger partial charge in [-0.2, -0.15) is 0 Å². The van der Waals surface area contributed by atoms with Crippen LogP contribution >= 0.6 is 0 Å². The molecule has 1 aromatic heterocycles. The highest BCUT2D eigenvalue weighted by Gasteiger charge is 2.20. The third-order valence-corrected chi connectivity index (χ3v) is 3.02. The van der Waals surface area contributed by atoms with Crippen LogP contribution in [0.1, 0.15) is 13.8 Å². The van der Waals surface area contributed by atoms with Gasteiger partial charge in [0.15, 0.2) is 11.3 Å². The fourth-order valence-electron chi connectivity index (χ4n) is 2.31. The molecule has 3 aromatic rings. The summed E-state index contributed by atoms with van der Waals surface area (Å²) in [4.78, 5) is 22.7. The number of rotatable bonds is 2. The topological polar surface area (TPSA) is 65.7 Å². The molecule has 1 heterocycles. The summed E-state index contributed by atoms with van der Waals surface area (Å²) in [6.07, 6.45) is 1.46. The normalized spacial score (nSPS) is 10.8. The standard InChI is InChI=1S/C16H12O5/c1-9(17)20-14-11-5-3-4-6-12(11)16(21-10(2)18)15-13(14)7-8-19-15/h3-8H,1-2H3. The molecule has 0 unspecified atom stereocenters. The largest absolute Gasteiger partial charge is 0.460 e. The highest BCUT2D eigenvalue weighted by Crippen LogP contribution is 2.43. The smallest absolute Gasteiger partial charge is 0.308 e. The third kappa shape index (κ3) is 2.23. The van der Waals surface area contributed by atoms with Gasteiger partial charge in [0.2, 0.25) is 0 Å². The minimum atomic E-state index is -0.446. The van der Waals surface area contributed by atoms with E-state index in [-0.39, 0.29) is 0 Å². The maximum atomic E-state index is 11.3. The van der Waals surface area contributed by atoms with Crippen LogP contribution in [0.3, 0.4) is 0 Å². The Balaban J connectivity index is 2.43. The lowest BCUT2D eigenvalue weighted by molar-refractivity contribution is -0.132. The molecule has 0 saturated carbocycles. The van der Waals surface area contributed by atoms with Crippen LogP contribution in [0, 0.1) is 0 Å². The molecular weight excluding hydrogens is 272 g/mol. The van der Waals surface area contributed by atoms with E-state index in [2.05, 4.69) is 0 Å². The van der Waals surface area contributed by atoms with Crippen molar-refractivity contribution in [1.29, 1.82) is 0 Å². The molecule has 3 rings (SSSR count). The molecule has 0 bridgehead atoms. The van der Waals surface area contributed by atoms with Crippen molar-refractivity contribution in [1.82, 2.24) is 0 Å². The third-order valence-electron chi connectivity index (χ3n) is 3.02. The Labute approximate surface area is 120 Å². The van der Waals surface area contributed by atoms with Crippen LogP contribution in [0.2, 0.25) is 0 Å². The number of hydrogen-bond acceptors (Lipinski definition) is 5. The van der Waals surface area contributed by atoms with Gasteiger partial charge in [0, 0.05) is 24.6 Å². The summed E-state index contributed by atoms with van der Waals surface area (Å²) >= 11 is 0. The molecule has 0 radical (unpaired) electrons. The molecule has 5 heteroatoms. The van der Waals surface area contributed by atoms with Crippen molar-refractivity contribution in [2.24, 2.45) is 0 Å². The van der Waals surface area contributed by atoms with Crippen LogP contribution in [0.5, 0.6) is 11.5 Å². The maximum absolute atomic E-state index is 11.3. The van der Waals surface area contributed by atoms with Gasteiger partial charge < -0.3 is 13.9 Å². The molecule has 0 aliphatic heterocycles. The highest BCUT2D eigenvalue weighted by molar-refractivity contribution is 6.10. The fraction of sp³-hybridized carbons (Fsp3) is 0.125. The summed E-state index contributed by atoms with van der Waals surface area (Å²) in [5.74, 6) is -0.146. The number of furan rings is 1. The number of carbonyl (C=O) groups excluding carboxylic acids is 2. The summed E-state index contributed by atoms with van der Waals surface area (Å²) in [6, 6.07) is 8.88. The molecule has 0 amide bonds. The second-order valence-electron chi connectivity index (χ2n) is 4.55. The van der Waals surface area contributed by atoms with Crippen molar-refractivity contribution < 1.29 is 23.5 Å². The number of benzene rings is 2. The van der Waals surface area contributed by atoms with Crippen LogP contribution in [0.15, 0.2) is 41.0 Å². The van der Waals surface area contributed by atoms with Gasteiger partial charge in [-0.25, -0.2) is 0 Å². The summed E-state index contributed by atoms with van der Waals surface area (Å²) in [5.41, 5.74) is 0.375. The number of hydrogen-bond donors (Lipinski definition) is 0. The van der Waals surface area contributed by atoms with E-state index in [1.807, 2.05) is 12.1 Å². The predicted octanol–water partition coefficient (Wildman–Crippen LogP) is 3.44. The lowest BCUT2D eigenvalue weighted by Gasteiger charge is -2.11. The first-order valence-electron chi connectivity index (χ1n) is 6.36. The Morgan fingerprint density at radius 2 is 1.43 bits per heavy atom. The van der Waals surface area contributed by atoms with Crippen LogP contribution in [0.4, 0.5) is 0 Å². The van der Waals surface area contributed by atoms with E-state index in [1.54, 1.807) is 18.2 Å². The Hall–Kier alpha value is -2.82. The summed E-state index contributed by atoms with van der Waals surface area (Å²) in [5, 5.41) is 1.91. The van der Waals surface area contributed by atoms with E-state index in [1.165, 1.54) is 20.1 Å². The Morgan fingerprint density at radius 3 is 2.05 bits per heavy atom. The van der Waals surface area contributed by atoms with Crippen molar-refractivity contribution in [3.8, 4) is 11.5 Å². The minimum Gasteiger partial charge on any atom is -0.460 e. The fourth-order valence-corrected chi connectivity index (χ4v) is 2.31. The van der Waals surface area contributed by atoms with Gasteiger partial charge in [-0.3, -0.25) is 9.59 Å². The molecule has 0 N–H and O–H groups in total. The zero-order valence-electron chi connectivity index (χ0n) is 11.5. The molecule has 0 atom stereocenters. The zero-order chi connectivity index (χ0) is 15.0. The molecule has 2 aromatic carbocycles. The van der Waals surface area contributed by atoms with Crippen molar-refractivity contribution in [2.45, 2.75) is 13.8 Å².